The van der Waals surface area contributed by atoms with Crippen LogP contribution in [0.5, 0.6) is 11.5 Å². The normalized spacial score (nSPS) is 11.1. The summed E-state index contributed by atoms with van der Waals surface area (Å²) in [5, 5.41) is 9.41. The first-order valence-electron chi connectivity index (χ1n) is 11.4. The van der Waals surface area contributed by atoms with Crippen LogP contribution in [0.3, 0.4) is 0 Å². The Morgan fingerprint density at radius 1 is 1.00 bits per heavy atom. The second kappa shape index (κ2) is 9.95. The van der Waals surface area contributed by atoms with Gasteiger partial charge in [0.2, 0.25) is 0 Å². The summed E-state index contributed by atoms with van der Waals surface area (Å²) < 4.78 is 18.5. The minimum absolute atomic E-state index is 0.0519. The smallest absolute Gasteiger partial charge is 0.307 e. The van der Waals surface area contributed by atoms with Crippen molar-refractivity contribution in [2.75, 3.05) is 14.2 Å². The Kier molecular flexibility index (Phi) is 6.40. The number of hydrogen-bond donors (Lipinski definition) is 1. The van der Waals surface area contributed by atoms with E-state index >= 15 is 0 Å². The minimum atomic E-state index is -0.870. The third kappa shape index (κ3) is 4.65. The molecule has 0 aliphatic rings. The van der Waals surface area contributed by atoms with Gasteiger partial charge in [0.1, 0.15) is 11.6 Å². The summed E-state index contributed by atoms with van der Waals surface area (Å²) in [6.45, 7) is 0.450. The average molecular weight is 484 g/mol. The van der Waals surface area contributed by atoms with Crippen LogP contribution in [0.1, 0.15) is 22.5 Å². The third-order valence-corrected chi connectivity index (χ3v) is 6.09. The highest BCUT2D eigenvalue weighted by Gasteiger charge is 2.17. The summed E-state index contributed by atoms with van der Waals surface area (Å²) in [4.78, 5) is 20.9. The predicted octanol–water partition coefficient (Wildman–Crippen LogP) is 4.97. The fourth-order valence-electron chi connectivity index (χ4n) is 4.33. The van der Waals surface area contributed by atoms with Crippen molar-refractivity contribution >= 4 is 17.1 Å². The quantitative estimate of drug-likeness (QED) is 0.316. The molecule has 0 aliphatic carbocycles. The first-order chi connectivity index (χ1) is 17.6. The SMILES string of the molecule is COc1ccc(Cc2nc3ncc(-c4ccco4)cc3n2Cc2ccccc2CC(=O)O)cc1OC. The third-order valence-electron chi connectivity index (χ3n) is 6.09. The molecule has 0 unspecified atom stereocenters. The van der Waals surface area contributed by atoms with E-state index in [0.717, 1.165) is 33.6 Å². The van der Waals surface area contributed by atoms with Crippen LogP contribution in [0.2, 0.25) is 0 Å². The molecule has 3 heterocycles. The summed E-state index contributed by atoms with van der Waals surface area (Å²) in [5.74, 6) is 1.94. The van der Waals surface area contributed by atoms with Crippen molar-refractivity contribution in [3.63, 3.8) is 0 Å². The molecule has 5 aromatic rings. The molecule has 1 N–H and O–H groups in total. The highest BCUT2D eigenvalue weighted by molar-refractivity contribution is 5.78. The molecule has 8 nitrogen and oxygen atoms in total. The van der Waals surface area contributed by atoms with Crippen molar-refractivity contribution in [2.45, 2.75) is 19.4 Å². The number of carboxylic acid groups (broad SMARTS) is 1. The molecule has 0 fully saturated rings. The first kappa shape index (κ1) is 23.2. The fourth-order valence-corrected chi connectivity index (χ4v) is 4.33. The van der Waals surface area contributed by atoms with E-state index in [0.29, 0.717) is 35.9 Å². The van der Waals surface area contributed by atoms with Crippen molar-refractivity contribution < 1.29 is 23.8 Å². The number of pyridine rings is 1. The molecular weight excluding hydrogens is 458 g/mol. The van der Waals surface area contributed by atoms with Gasteiger partial charge in [-0.25, -0.2) is 9.97 Å². The number of imidazole rings is 1. The van der Waals surface area contributed by atoms with Crippen LogP contribution in [0, 0.1) is 0 Å². The van der Waals surface area contributed by atoms with E-state index in [1.165, 1.54) is 0 Å². The van der Waals surface area contributed by atoms with Gasteiger partial charge in [0.15, 0.2) is 17.1 Å². The molecule has 0 saturated heterocycles. The number of hydrogen-bond acceptors (Lipinski definition) is 6. The Hall–Kier alpha value is -4.59. The zero-order valence-electron chi connectivity index (χ0n) is 20.0. The topological polar surface area (TPSA) is 99.6 Å². The summed E-state index contributed by atoms with van der Waals surface area (Å²) in [6, 6.07) is 19.1. The highest BCUT2D eigenvalue weighted by Crippen LogP contribution is 2.30. The number of aliphatic carboxylic acids is 1. The van der Waals surface area contributed by atoms with Gasteiger partial charge in [-0.2, -0.15) is 0 Å². The van der Waals surface area contributed by atoms with Gasteiger partial charge in [-0.05, 0) is 47.0 Å². The molecule has 3 aromatic heterocycles. The number of furan rings is 1. The second-order valence-electron chi connectivity index (χ2n) is 8.36. The van der Waals surface area contributed by atoms with E-state index in [1.54, 1.807) is 26.7 Å². The molecule has 0 atom stereocenters. The summed E-state index contributed by atoms with van der Waals surface area (Å²) >= 11 is 0. The number of fused-ring (bicyclic) bond motifs is 1. The van der Waals surface area contributed by atoms with Crippen LogP contribution in [0.15, 0.2) is 77.5 Å². The van der Waals surface area contributed by atoms with E-state index in [4.69, 9.17) is 18.9 Å². The fraction of sp³-hybridized carbons (Fsp3) is 0.179. The summed E-state index contributed by atoms with van der Waals surface area (Å²) in [6.07, 6.45) is 3.84. The van der Waals surface area contributed by atoms with Gasteiger partial charge < -0.3 is 23.6 Å². The van der Waals surface area contributed by atoms with Crippen LogP contribution in [0.4, 0.5) is 0 Å². The van der Waals surface area contributed by atoms with Gasteiger partial charge >= 0.3 is 5.97 Å². The lowest BCUT2D eigenvalue weighted by atomic mass is 10.0. The number of ether oxygens (including phenoxy) is 2. The van der Waals surface area contributed by atoms with Gasteiger partial charge in [-0.15, -0.1) is 0 Å². The van der Waals surface area contributed by atoms with Crippen LogP contribution in [0.25, 0.3) is 22.5 Å². The van der Waals surface area contributed by atoms with Gasteiger partial charge in [-0.3, -0.25) is 4.79 Å². The standard InChI is InChI=1S/C28H25N3O5/c1-34-24-10-9-18(12-25(24)35-2)13-26-30-28-22(14-21(16-29-28)23-8-5-11-36-23)31(26)17-20-7-4-3-6-19(20)15-27(32)33/h3-12,14,16H,13,15,17H2,1-2H3,(H,32,33). The molecule has 2 aromatic carbocycles. The molecule has 0 aliphatic heterocycles. The van der Waals surface area contributed by atoms with Crippen molar-refractivity contribution in [1.29, 1.82) is 0 Å². The van der Waals surface area contributed by atoms with Crippen LogP contribution in [-0.2, 0) is 24.2 Å². The minimum Gasteiger partial charge on any atom is -0.493 e. The lowest BCUT2D eigenvalue weighted by molar-refractivity contribution is -0.136. The number of aromatic nitrogens is 3. The number of rotatable bonds is 9. The van der Waals surface area contributed by atoms with E-state index in [-0.39, 0.29) is 6.42 Å². The Bertz CT molecular complexity index is 1520. The van der Waals surface area contributed by atoms with Gasteiger partial charge in [0.25, 0.3) is 0 Å². The molecule has 36 heavy (non-hydrogen) atoms. The van der Waals surface area contributed by atoms with E-state index in [2.05, 4.69) is 9.55 Å². The van der Waals surface area contributed by atoms with Crippen LogP contribution < -0.4 is 9.47 Å². The first-order valence-corrected chi connectivity index (χ1v) is 11.4. The molecule has 8 heteroatoms. The molecule has 0 amide bonds. The van der Waals surface area contributed by atoms with E-state index in [1.807, 2.05) is 60.7 Å². The monoisotopic (exact) mass is 483 g/mol. The number of methoxy groups -OCH3 is 2. The maximum absolute atomic E-state index is 11.5. The lowest BCUT2D eigenvalue weighted by Crippen LogP contribution is -2.10. The number of benzene rings is 2. The molecule has 0 bridgehead atoms. The zero-order chi connectivity index (χ0) is 25.1. The van der Waals surface area contributed by atoms with E-state index < -0.39 is 5.97 Å². The molecule has 0 spiro atoms. The van der Waals surface area contributed by atoms with Crippen LogP contribution in [-0.4, -0.2) is 39.8 Å². The molecular formula is C28H25N3O5. The Balaban J connectivity index is 1.62. The summed E-state index contributed by atoms with van der Waals surface area (Å²) in [5.41, 5.74) is 4.95. The number of nitrogens with zero attached hydrogens (tertiary/aromatic N) is 3. The largest absolute Gasteiger partial charge is 0.493 e. The van der Waals surface area contributed by atoms with E-state index in [9.17, 15) is 9.90 Å². The van der Waals surface area contributed by atoms with Crippen molar-refractivity contribution in [2.24, 2.45) is 0 Å². The van der Waals surface area contributed by atoms with Crippen molar-refractivity contribution in [3.8, 4) is 22.8 Å². The maximum Gasteiger partial charge on any atom is 0.307 e. The molecule has 182 valence electrons. The average Bonchev–Trinajstić information content (AvgIpc) is 3.53. The van der Waals surface area contributed by atoms with Crippen molar-refractivity contribution in [3.05, 3.63) is 95.6 Å². The molecule has 0 radical (unpaired) electrons. The number of carbonyl (C=O) groups is 1. The highest BCUT2D eigenvalue weighted by atomic mass is 16.5. The maximum atomic E-state index is 11.5. The molecule has 0 saturated carbocycles. The second-order valence-corrected chi connectivity index (χ2v) is 8.36. The van der Waals surface area contributed by atoms with Gasteiger partial charge in [0.05, 0.1) is 32.4 Å². The van der Waals surface area contributed by atoms with Gasteiger partial charge in [0, 0.05) is 24.7 Å². The lowest BCUT2D eigenvalue weighted by Gasteiger charge is -2.14. The predicted molar refractivity (Wildman–Crippen MR) is 134 cm³/mol. The van der Waals surface area contributed by atoms with Crippen molar-refractivity contribution in [1.82, 2.24) is 14.5 Å². The summed E-state index contributed by atoms with van der Waals surface area (Å²) in [7, 11) is 3.21. The Morgan fingerprint density at radius 2 is 1.81 bits per heavy atom. The van der Waals surface area contributed by atoms with Crippen LogP contribution >= 0.6 is 0 Å². The number of carboxylic acids is 1. The van der Waals surface area contributed by atoms with Gasteiger partial charge in [-0.1, -0.05) is 30.3 Å². The molecule has 5 rings (SSSR count). The Labute approximate surface area is 207 Å². The Morgan fingerprint density at radius 3 is 2.53 bits per heavy atom. The zero-order valence-corrected chi connectivity index (χ0v) is 20.0.